The largest absolute Gasteiger partial charge is 0.339 e. The van der Waals surface area contributed by atoms with Crippen LogP contribution in [0.4, 0.5) is 5.69 Å². The molecule has 3 aromatic rings. The zero-order valence-electron chi connectivity index (χ0n) is 11.2. The highest BCUT2D eigenvalue weighted by molar-refractivity contribution is 6.06. The van der Waals surface area contributed by atoms with Crippen molar-refractivity contribution in [1.29, 1.82) is 0 Å². The molecule has 1 aliphatic heterocycles. The summed E-state index contributed by atoms with van der Waals surface area (Å²) in [7, 11) is 3.67. The molecule has 4 heterocycles. The molecule has 20 heavy (non-hydrogen) atoms. The summed E-state index contributed by atoms with van der Waals surface area (Å²) < 4.78 is 1.76. The highest BCUT2D eigenvalue weighted by Crippen LogP contribution is 2.34. The van der Waals surface area contributed by atoms with Crippen molar-refractivity contribution in [2.75, 3.05) is 11.9 Å². The van der Waals surface area contributed by atoms with Crippen molar-refractivity contribution in [2.45, 2.75) is 6.42 Å². The first-order valence-corrected chi connectivity index (χ1v) is 6.39. The molecule has 1 N–H and O–H groups in total. The van der Waals surface area contributed by atoms with Crippen LogP contribution >= 0.6 is 0 Å². The minimum Gasteiger partial charge on any atom is -0.339 e. The number of aryl methyl sites for hydroxylation is 1. The van der Waals surface area contributed by atoms with E-state index in [1.807, 2.05) is 25.5 Å². The summed E-state index contributed by atoms with van der Waals surface area (Å²) in [5.74, 6) is 0.110. The zero-order valence-corrected chi connectivity index (χ0v) is 11.2. The lowest BCUT2D eigenvalue weighted by Crippen LogP contribution is -2.20. The molecule has 0 aliphatic carbocycles. The van der Waals surface area contributed by atoms with Gasteiger partial charge in [-0.05, 0) is 11.6 Å². The molecular formula is C14H13N5O. The quantitative estimate of drug-likeness (QED) is 0.726. The number of nitrogens with zero attached hydrogens (tertiary/aromatic N) is 4. The van der Waals surface area contributed by atoms with Crippen molar-refractivity contribution >= 4 is 22.6 Å². The number of fused-ring (bicyclic) bond motifs is 3. The Hall–Kier alpha value is -2.63. The van der Waals surface area contributed by atoms with Gasteiger partial charge in [-0.1, -0.05) is 0 Å². The normalized spacial score (nSPS) is 14.3. The highest BCUT2D eigenvalue weighted by Gasteiger charge is 2.27. The SMILES string of the molecule is CN1C(=O)Cc2c1cnc1[nH]c(-c3cnn(C)c3)cc21. The van der Waals surface area contributed by atoms with E-state index < -0.39 is 0 Å². The fourth-order valence-electron chi connectivity index (χ4n) is 2.71. The van der Waals surface area contributed by atoms with Crippen LogP contribution in [0.1, 0.15) is 5.56 Å². The second kappa shape index (κ2) is 3.69. The van der Waals surface area contributed by atoms with Gasteiger partial charge in [-0.25, -0.2) is 4.98 Å². The smallest absolute Gasteiger partial charge is 0.231 e. The number of pyridine rings is 1. The first-order chi connectivity index (χ1) is 9.63. The fourth-order valence-corrected chi connectivity index (χ4v) is 2.71. The van der Waals surface area contributed by atoms with E-state index in [9.17, 15) is 4.79 Å². The van der Waals surface area contributed by atoms with Crippen molar-refractivity contribution in [2.24, 2.45) is 7.05 Å². The van der Waals surface area contributed by atoms with Crippen LogP contribution in [0.3, 0.4) is 0 Å². The molecule has 100 valence electrons. The average Bonchev–Trinajstić information content (AvgIpc) is 3.09. The Labute approximate surface area is 115 Å². The van der Waals surface area contributed by atoms with Gasteiger partial charge in [0.05, 0.1) is 30.2 Å². The average molecular weight is 267 g/mol. The van der Waals surface area contributed by atoms with Crippen LogP contribution in [0.5, 0.6) is 0 Å². The van der Waals surface area contributed by atoms with Gasteiger partial charge in [0, 0.05) is 31.2 Å². The minimum absolute atomic E-state index is 0.110. The number of aromatic amines is 1. The first-order valence-electron chi connectivity index (χ1n) is 6.39. The maximum absolute atomic E-state index is 11.8. The van der Waals surface area contributed by atoms with E-state index in [2.05, 4.69) is 15.1 Å². The number of hydrogen-bond acceptors (Lipinski definition) is 3. The number of carbonyl (C=O) groups excluding carboxylic acids is 1. The summed E-state index contributed by atoms with van der Waals surface area (Å²) in [6.07, 6.45) is 5.95. The van der Waals surface area contributed by atoms with Crippen LogP contribution in [-0.2, 0) is 18.3 Å². The number of carbonyl (C=O) groups is 1. The van der Waals surface area contributed by atoms with E-state index in [1.54, 1.807) is 22.8 Å². The molecule has 4 rings (SSSR count). The van der Waals surface area contributed by atoms with Crippen molar-refractivity contribution in [3.8, 4) is 11.3 Å². The zero-order chi connectivity index (χ0) is 13.9. The van der Waals surface area contributed by atoms with E-state index in [0.717, 1.165) is 33.5 Å². The van der Waals surface area contributed by atoms with Gasteiger partial charge in [0.25, 0.3) is 0 Å². The molecule has 3 aromatic heterocycles. The Morgan fingerprint density at radius 3 is 2.90 bits per heavy atom. The molecule has 0 aromatic carbocycles. The Bertz CT molecular complexity index is 844. The molecule has 1 aliphatic rings. The molecule has 0 unspecified atom stereocenters. The van der Waals surface area contributed by atoms with Crippen molar-refractivity contribution in [1.82, 2.24) is 19.7 Å². The third kappa shape index (κ3) is 1.41. The van der Waals surface area contributed by atoms with Crippen LogP contribution < -0.4 is 4.90 Å². The van der Waals surface area contributed by atoms with Crippen molar-refractivity contribution < 1.29 is 4.79 Å². The number of aromatic nitrogens is 4. The van der Waals surface area contributed by atoms with Gasteiger partial charge < -0.3 is 9.88 Å². The standard InChI is InChI=1S/C14H13N5O/c1-18-7-8(5-16-18)11-3-10-9-4-13(20)19(2)12(9)6-15-14(10)17-11/h3,5-7H,4H2,1-2H3,(H,15,17). The lowest BCUT2D eigenvalue weighted by atomic mass is 10.1. The predicted molar refractivity (Wildman–Crippen MR) is 75.4 cm³/mol. The van der Waals surface area contributed by atoms with Crippen LogP contribution in [0, 0.1) is 0 Å². The second-order valence-electron chi connectivity index (χ2n) is 5.10. The van der Waals surface area contributed by atoms with Gasteiger partial charge in [-0.3, -0.25) is 9.48 Å². The summed E-state index contributed by atoms with van der Waals surface area (Å²) in [5, 5.41) is 5.19. The molecule has 0 radical (unpaired) electrons. The molecule has 0 fully saturated rings. The van der Waals surface area contributed by atoms with Gasteiger partial charge in [0.15, 0.2) is 0 Å². The van der Waals surface area contributed by atoms with Gasteiger partial charge >= 0.3 is 0 Å². The number of rotatable bonds is 1. The number of anilines is 1. The third-order valence-electron chi connectivity index (χ3n) is 3.83. The molecule has 0 saturated heterocycles. The molecular weight excluding hydrogens is 254 g/mol. The summed E-state index contributed by atoms with van der Waals surface area (Å²) in [4.78, 5) is 21.2. The molecule has 6 nitrogen and oxygen atoms in total. The molecule has 0 atom stereocenters. The van der Waals surface area contributed by atoms with E-state index in [1.165, 1.54) is 0 Å². The summed E-state index contributed by atoms with van der Waals surface area (Å²) >= 11 is 0. The first kappa shape index (κ1) is 11.2. The van der Waals surface area contributed by atoms with E-state index in [0.29, 0.717) is 6.42 Å². The summed E-state index contributed by atoms with van der Waals surface area (Å²) in [6.45, 7) is 0. The van der Waals surface area contributed by atoms with Gasteiger partial charge in [0.1, 0.15) is 5.65 Å². The third-order valence-corrected chi connectivity index (χ3v) is 3.83. The number of hydrogen-bond donors (Lipinski definition) is 1. The molecule has 1 amide bonds. The van der Waals surface area contributed by atoms with Gasteiger partial charge in [-0.15, -0.1) is 0 Å². The fraction of sp³-hybridized carbons (Fsp3) is 0.214. The molecule has 0 spiro atoms. The maximum Gasteiger partial charge on any atom is 0.231 e. The molecule has 0 bridgehead atoms. The van der Waals surface area contributed by atoms with E-state index in [4.69, 9.17) is 0 Å². The van der Waals surface area contributed by atoms with Crippen LogP contribution in [0.2, 0.25) is 0 Å². The number of amides is 1. The Balaban J connectivity index is 1.93. The van der Waals surface area contributed by atoms with Gasteiger partial charge in [0.2, 0.25) is 5.91 Å². The summed E-state index contributed by atoms with van der Waals surface area (Å²) in [5.41, 5.74) is 4.74. The Morgan fingerprint density at radius 2 is 2.15 bits per heavy atom. The van der Waals surface area contributed by atoms with Crippen LogP contribution in [0.25, 0.3) is 22.3 Å². The number of nitrogens with one attached hydrogen (secondary N) is 1. The molecule has 6 heteroatoms. The highest BCUT2D eigenvalue weighted by atomic mass is 16.2. The van der Waals surface area contributed by atoms with Crippen LogP contribution in [0.15, 0.2) is 24.7 Å². The number of H-pyrrole nitrogens is 1. The molecule has 0 saturated carbocycles. The lowest BCUT2D eigenvalue weighted by Gasteiger charge is -2.08. The Kier molecular flexibility index (Phi) is 2.07. The predicted octanol–water partition coefficient (Wildman–Crippen LogP) is 1.48. The monoisotopic (exact) mass is 267 g/mol. The second-order valence-corrected chi connectivity index (χ2v) is 5.10. The van der Waals surface area contributed by atoms with E-state index >= 15 is 0 Å². The van der Waals surface area contributed by atoms with Gasteiger partial charge in [-0.2, -0.15) is 5.10 Å². The van der Waals surface area contributed by atoms with Crippen LogP contribution in [-0.4, -0.2) is 32.7 Å². The lowest BCUT2D eigenvalue weighted by molar-refractivity contribution is -0.117. The van der Waals surface area contributed by atoms with Crippen molar-refractivity contribution in [3.05, 3.63) is 30.2 Å². The topological polar surface area (TPSA) is 66.8 Å². The maximum atomic E-state index is 11.8. The minimum atomic E-state index is 0.110. The summed E-state index contributed by atoms with van der Waals surface area (Å²) in [6, 6.07) is 2.05. The number of likely N-dealkylation sites (N-methyl/N-ethyl adjacent to an activating group) is 1. The van der Waals surface area contributed by atoms with Crippen molar-refractivity contribution in [3.63, 3.8) is 0 Å². The van der Waals surface area contributed by atoms with E-state index in [-0.39, 0.29) is 5.91 Å². The Morgan fingerprint density at radius 1 is 1.30 bits per heavy atom.